The molecule has 1 fully saturated rings. The Hall–Kier alpha value is -1.43. The molecule has 0 aliphatic carbocycles. The zero-order valence-electron chi connectivity index (χ0n) is 12.7. The first-order valence-corrected chi connectivity index (χ1v) is 9.31. The summed E-state index contributed by atoms with van der Waals surface area (Å²) in [7, 11) is -1.23. The molecule has 1 aromatic carbocycles. The summed E-state index contributed by atoms with van der Waals surface area (Å²) < 4.78 is 27.7. The Labute approximate surface area is 127 Å². The Bertz CT molecular complexity index is 579. The largest absolute Gasteiger partial charge is 0.495 e. The molecule has 0 bridgehead atoms. The minimum Gasteiger partial charge on any atom is -0.495 e. The van der Waals surface area contributed by atoms with Crippen molar-refractivity contribution in [2.24, 2.45) is 5.92 Å². The molecule has 1 aliphatic heterocycles. The second kappa shape index (κ2) is 6.56. The van der Waals surface area contributed by atoms with E-state index in [0.717, 1.165) is 38.0 Å². The standard InChI is InChI=1S/C15H24N2O3S/c1-20-15-11-13(3-4-14(15)16)17-8-5-12(6-9-17)7-10-21(2,18)19/h3-4,11-12H,5-10,16H2,1-2H3. The summed E-state index contributed by atoms with van der Waals surface area (Å²) in [5.41, 5.74) is 7.59. The zero-order chi connectivity index (χ0) is 15.5. The second-order valence-electron chi connectivity index (χ2n) is 5.78. The lowest BCUT2D eigenvalue weighted by atomic mass is 9.94. The molecule has 0 saturated carbocycles. The third-order valence-corrected chi connectivity index (χ3v) is 5.07. The number of rotatable bonds is 5. The predicted molar refractivity (Wildman–Crippen MR) is 86.7 cm³/mol. The topological polar surface area (TPSA) is 72.6 Å². The van der Waals surface area contributed by atoms with Gasteiger partial charge in [-0.15, -0.1) is 0 Å². The highest BCUT2D eigenvalue weighted by Crippen LogP contribution is 2.30. The number of anilines is 2. The predicted octanol–water partition coefficient (Wildman–Crippen LogP) is 1.93. The van der Waals surface area contributed by atoms with Gasteiger partial charge >= 0.3 is 0 Å². The molecular formula is C15H24N2O3S. The Morgan fingerprint density at radius 3 is 2.57 bits per heavy atom. The number of benzene rings is 1. The van der Waals surface area contributed by atoms with Crippen LogP contribution in [0.2, 0.25) is 0 Å². The molecule has 6 heteroatoms. The first-order chi connectivity index (χ1) is 9.89. The summed E-state index contributed by atoms with van der Waals surface area (Å²) in [6, 6.07) is 5.84. The Morgan fingerprint density at radius 1 is 1.33 bits per heavy atom. The molecule has 0 radical (unpaired) electrons. The average Bonchev–Trinajstić information content (AvgIpc) is 2.45. The van der Waals surface area contributed by atoms with E-state index in [1.165, 1.54) is 6.26 Å². The molecule has 2 rings (SSSR count). The van der Waals surface area contributed by atoms with E-state index in [1.807, 2.05) is 18.2 Å². The van der Waals surface area contributed by atoms with Crippen LogP contribution in [-0.4, -0.2) is 40.6 Å². The van der Waals surface area contributed by atoms with Gasteiger partial charge in [-0.1, -0.05) is 0 Å². The van der Waals surface area contributed by atoms with Gasteiger partial charge in [0.1, 0.15) is 15.6 Å². The fourth-order valence-corrected chi connectivity index (χ4v) is 3.52. The van der Waals surface area contributed by atoms with Crippen LogP contribution in [0.25, 0.3) is 0 Å². The van der Waals surface area contributed by atoms with E-state index in [9.17, 15) is 8.42 Å². The van der Waals surface area contributed by atoms with Gasteiger partial charge in [0.25, 0.3) is 0 Å². The molecule has 0 unspecified atom stereocenters. The van der Waals surface area contributed by atoms with Crippen molar-refractivity contribution in [2.45, 2.75) is 19.3 Å². The highest BCUT2D eigenvalue weighted by Gasteiger charge is 2.21. The summed E-state index contributed by atoms with van der Waals surface area (Å²) in [5.74, 6) is 1.51. The smallest absolute Gasteiger partial charge is 0.147 e. The van der Waals surface area contributed by atoms with Gasteiger partial charge < -0.3 is 15.4 Å². The zero-order valence-corrected chi connectivity index (χ0v) is 13.5. The van der Waals surface area contributed by atoms with Crippen LogP contribution in [0.4, 0.5) is 11.4 Å². The Kier molecular flexibility index (Phi) is 4.98. The van der Waals surface area contributed by atoms with Gasteiger partial charge in [0.2, 0.25) is 0 Å². The molecule has 2 N–H and O–H groups in total. The van der Waals surface area contributed by atoms with Crippen LogP contribution in [0.5, 0.6) is 5.75 Å². The Morgan fingerprint density at radius 2 is 2.00 bits per heavy atom. The molecule has 21 heavy (non-hydrogen) atoms. The van der Waals surface area contributed by atoms with Crippen molar-refractivity contribution in [2.75, 3.05) is 42.8 Å². The van der Waals surface area contributed by atoms with Gasteiger partial charge in [0.05, 0.1) is 18.6 Å². The van der Waals surface area contributed by atoms with Gasteiger partial charge in [-0.05, 0) is 37.3 Å². The minimum atomic E-state index is -2.85. The number of methoxy groups -OCH3 is 1. The maximum atomic E-state index is 11.2. The number of sulfone groups is 1. The fraction of sp³-hybridized carbons (Fsp3) is 0.600. The average molecular weight is 312 g/mol. The summed E-state index contributed by atoms with van der Waals surface area (Å²) in [6.07, 6.45) is 4.14. The number of nitrogens with zero attached hydrogens (tertiary/aromatic N) is 1. The maximum Gasteiger partial charge on any atom is 0.147 e. The molecule has 1 aliphatic rings. The number of hydrogen-bond acceptors (Lipinski definition) is 5. The number of ether oxygens (including phenoxy) is 1. The molecule has 5 nitrogen and oxygen atoms in total. The molecule has 0 aromatic heterocycles. The van der Waals surface area contributed by atoms with Gasteiger partial charge in [-0.25, -0.2) is 8.42 Å². The maximum absolute atomic E-state index is 11.2. The SMILES string of the molecule is COc1cc(N2CCC(CCS(C)(=O)=O)CC2)ccc1N. The van der Waals surface area contributed by atoms with Crippen molar-refractivity contribution in [1.29, 1.82) is 0 Å². The summed E-state index contributed by atoms with van der Waals surface area (Å²) in [5, 5.41) is 0. The van der Waals surface area contributed by atoms with E-state index in [4.69, 9.17) is 10.5 Å². The fourth-order valence-electron chi connectivity index (χ4n) is 2.76. The molecular weight excluding hydrogens is 288 g/mol. The third kappa shape index (κ3) is 4.52. The molecule has 0 atom stereocenters. The Balaban J connectivity index is 1.92. The van der Waals surface area contributed by atoms with E-state index < -0.39 is 9.84 Å². The monoisotopic (exact) mass is 312 g/mol. The van der Waals surface area contributed by atoms with Crippen molar-refractivity contribution in [3.63, 3.8) is 0 Å². The van der Waals surface area contributed by atoms with Crippen LogP contribution in [-0.2, 0) is 9.84 Å². The highest BCUT2D eigenvalue weighted by atomic mass is 32.2. The van der Waals surface area contributed by atoms with Crippen LogP contribution >= 0.6 is 0 Å². The van der Waals surface area contributed by atoms with Crippen LogP contribution in [0.15, 0.2) is 18.2 Å². The lowest BCUT2D eigenvalue weighted by molar-refractivity contribution is 0.393. The minimum absolute atomic E-state index is 0.299. The lowest BCUT2D eigenvalue weighted by Crippen LogP contribution is -2.34. The third-order valence-electron chi connectivity index (χ3n) is 4.09. The van der Waals surface area contributed by atoms with Crippen molar-refractivity contribution >= 4 is 21.2 Å². The van der Waals surface area contributed by atoms with E-state index in [0.29, 0.717) is 23.1 Å². The van der Waals surface area contributed by atoms with Gasteiger partial charge in [0.15, 0.2) is 0 Å². The molecule has 0 spiro atoms. The normalized spacial score (nSPS) is 17.0. The quantitative estimate of drug-likeness (QED) is 0.841. The summed E-state index contributed by atoms with van der Waals surface area (Å²) in [6.45, 7) is 1.89. The van der Waals surface area contributed by atoms with Gasteiger partial charge in [-0.3, -0.25) is 0 Å². The second-order valence-corrected chi connectivity index (χ2v) is 8.03. The van der Waals surface area contributed by atoms with Gasteiger partial charge in [0, 0.05) is 31.1 Å². The van der Waals surface area contributed by atoms with Gasteiger partial charge in [-0.2, -0.15) is 0 Å². The van der Waals surface area contributed by atoms with Crippen molar-refractivity contribution in [3.05, 3.63) is 18.2 Å². The number of nitrogen functional groups attached to an aromatic ring is 1. The van der Waals surface area contributed by atoms with Crippen molar-refractivity contribution in [1.82, 2.24) is 0 Å². The van der Waals surface area contributed by atoms with Crippen LogP contribution in [0.3, 0.4) is 0 Å². The van der Waals surface area contributed by atoms with Crippen LogP contribution in [0.1, 0.15) is 19.3 Å². The highest BCUT2D eigenvalue weighted by molar-refractivity contribution is 7.90. The first-order valence-electron chi connectivity index (χ1n) is 7.25. The number of hydrogen-bond donors (Lipinski definition) is 1. The molecule has 0 amide bonds. The molecule has 118 valence electrons. The number of nitrogens with two attached hydrogens (primary N) is 1. The summed E-state index contributed by atoms with van der Waals surface area (Å²) in [4.78, 5) is 2.30. The number of piperidine rings is 1. The van der Waals surface area contributed by atoms with E-state index in [2.05, 4.69) is 4.90 Å². The molecule has 1 heterocycles. The van der Waals surface area contributed by atoms with Crippen molar-refractivity contribution in [3.8, 4) is 5.75 Å². The van der Waals surface area contributed by atoms with E-state index >= 15 is 0 Å². The van der Waals surface area contributed by atoms with Crippen molar-refractivity contribution < 1.29 is 13.2 Å². The summed E-state index contributed by atoms with van der Waals surface area (Å²) >= 11 is 0. The lowest BCUT2D eigenvalue weighted by Gasteiger charge is -2.33. The van der Waals surface area contributed by atoms with Crippen LogP contribution < -0.4 is 15.4 Å². The van der Waals surface area contributed by atoms with E-state index in [1.54, 1.807) is 7.11 Å². The van der Waals surface area contributed by atoms with E-state index in [-0.39, 0.29) is 0 Å². The molecule has 1 saturated heterocycles. The van der Waals surface area contributed by atoms with Crippen LogP contribution in [0, 0.1) is 5.92 Å². The molecule has 1 aromatic rings. The first kappa shape index (κ1) is 15.9.